The summed E-state index contributed by atoms with van der Waals surface area (Å²) in [6.45, 7) is 2.88. The average molecular weight is 494 g/mol. The third-order valence-electron chi connectivity index (χ3n) is 5.30. The van der Waals surface area contributed by atoms with E-state index in [1.807, 2.05) is 6.92 Å². The van der Waals surface area contributed by atoms with E-state index in [9.17, 15) is 13.2 Å². The zero-order valence-electron chi connectivity index (χ0n) is 17.2. The first-order valence-electron chi connectivity index (χ1n) is 10.0. The summed E-state index contributed by atoms with van der Waals surface area (Å²) in [4.78, 5) is 16.9. The quantitative estimate of drug-likeness (QED) is 0.572. The van der Waals surface area contributed by atoms with Crippen molar-refractivity contribution in [3.63, 3.8) is 0 Å². The fourth-order valence-corrected chi connectivity index (χ4v) is 5.95. The Balaban J connectivity index is 1.65. The second kappa shape index (κ2) is 9.19. The minimum atomic E-state index is -3.83. The average Bonchev–Trinajstić information content (AvgIpc) is 3.28. The van der Waals surface area contributed by atoms with Crippen molar-refractivity contribution in [1.29, 1.82) is 0 Å². The van der Waals surface area contributed by atoms with Gasteiger partial charge in [-0.15, -0.1) is 0 Å². The molecular formula is C21H21Cl2N5O3S. The van der Waals surface area contributed by atoms with E-state index < -0.39 is 15.9 Å². The molecule has 1 saturated heterocycles. The van der Waals surface area contributed by atoms with Crippen LogP contribution in [0.15, 0.2) is 53.9 Å². The van der Waals surface area contributed by atoms with Crippen molar-refractivity contribution >= 4 is 44.8 Å². The smallest absolute Gasteiger partial charge is 0.255 e. The Morgan fingerprint density at radius 2 is 2.00 bits per heavy atom. The number of rotatable bonds is 5. The Morgan fingerprint density at radius 3 is 2.72 bits per heavy atom. The summed E-state index contributed by atoms with van der Waals surface area (Å²) < 4.78 is 29.4. The third kappa shape index (κ3) is 4.66. The van der Waals surface area contributed by atoms with Gasteiger partial charge in [-0.3, -0.25) is 4.79 Å². The van der Waals surface area contributed by atoms with Gasteiger partial charge in [-0.1, -0.05) is 30.1 Å². The van der Waals surface area contributed by atoms with Crippen LogP contribution in [0.25, 0.3) is 5.69 Å². The lowest BCUT2D eigenvalue weighted by Gasteiger charge is -2.30. The number of piperidine rings is 1. The van der Waals surface area contributed by atoms with Gasteiger partial charge < -0.3 is 5.32 Å². The number of aromatic nitrogens is 3. The molecule has 1 aliphatic rings. The van der Waals surface area contributed by atoms with Gasteiger partial charge in [-0.05, 0) is 55.2 Å². The molecule has 0 bridgehead atoms. The highest BCUT2D eigenvalue weighted by Gasteiger charge is 2.31. The third-order valence-corrected chi connectivity index (χ3v) is 7.89. The van der Waals surface area contributed by atoms with E-state index in [1.54, 1.807) is 18.2 Å². The van der Waals surface area contributed by atoms with E-state index in [1.165, 1.54) is 39.8 Å². The van der Waals surface area contributed by atoms with Crippen LogP contribution in [-0.4, -0.2) is 46.5 Å². The lowest BCUT2D eigenvalue weighted by molar-refractivity contribution is 0.102. The van der Waals surface area contributed by atoms with Crippen molar-refractivity contribution in [3.8, 4) is 5.69 Å². The molecule has 1 fully saturated rings. The molecule has 1 atom stereocenters. The monoisotopic (exact) mass is 493 g/mol. The SMILES string of the molecule is C[C@H]1CCCN(S(=O)(=O)c2cc(C(=O)Nc3cc(Cl)ccc3-n3cncn3)ccc2Cl)C1. The molecule has 11 heteroatoms. The number of anilines is 1. The van der Waals surface area contributed by atoms with Gasteiger partial charge in [-0.2, -0.15) is 9.40 Å². The van der Waals surface area contributed by atoms with Crippen molar-refractivity contribution in [2.75, 3.05) is 18.4 Å². The number of hydrogen-bond donors (Lipinski definition) is 1. The van der Waals surface area contributed by atoms with Crippen LogP contribution < -0.4 is 5.32 Å². The van der Waals surface area contributed by atoms with Gasteiger partial charge in [0.2, 0.25) is 10.0 Å². The van der Waals surface area contributed by atoms with Crippen LogP contribution in [0.1, 0.15) is 30.1 Å². The van der Waals surface area contributed by atoms with E-state index in [2.05, 4.69) is 15.4 Å². The highest BCUT2D eigenvalue weighted by molar-refractivity contribution is 7.89. The molecule has 0 saturated carbocycles. The van der Waals surface area contributed by atoms with Crippen molar-refractivity contribution in [2.45, 2.75) is 24.7 Å². The molecule has 0 radical (unpaired) electrons. The lowest BCUT2D eigenvalue weighted by atomic mass is 10.0. The minimum Gasteiger partial charge on any atom is -0.320 e. The Morgan fingerprint density at radius 1 is 1.19 bits per heavy atom. The van der Waals surface area contributed by atoms with Crippen LogP contribution in [0.5, 0.6) is 0 Å². The van der Waals surface area contributed by atoms with E-state index in [4.69, 9.17) is 23.2 Å². The Hall–Kier alpha value is -2.46. The largest absolute Gasteiger partial charge is 0.320 e. The Kier molecular flexibility index (Phi) is 6.52. The van der Waals surface area contributed by atoms with E-state index in [0.29, 0.717) is 29.5 Å². The van der Waals surface area contributed by atoms with Crippen molar-refractivity contribution in [1.82, 2.24) is 19.1 Å². The molecule has 0 spiro atoms. The van der Waals surface area contributed by atoms with Crippen molar-refractivity contribution in [3.05, 3.63) is 64.7 Å². The molecule has 1 N–H and O–H groups in total. The van der Waals surface area contributed by atoms with Gasteiger partial charge in [0, 0.05) is 23.7 Å². The maximum Gasteiger partial charge on any atom is 0.255 e. The molecule has 2 heterocycles. The summed E-state index contributed by atoms with van der Waals surface area (Å²) in [6, 6.07) is 9.16. The zero-order valence-corrected chi connectivity index (χ0v) is 19.5. The predicted octanol–water partition coefficient (Wildman–Crippen LogP) is 4.25. The Bertz CT molecular complexity index is 1250. The fourth-order valence-electron chi connectivity index (χ4n) is 3.68. The summed E-state index contributed by atoms with van der Waals surface area (Å²) in [6.07, 6.45) is 4.64. The van der Waals surface area contributed by atoms with Crippen molar-refractivity contribution < 1.29 is 13.2 Å². The second-order valence-electron chi connectivity index (χ2n) is 7.71. The van der Waals surface area contributed by atoms with Crippen LogP contribution in [0, 0.1) is 5.92 Å². The predicted molar refractivity (Wildman–Crippen MR) is 123 cm³/mol. The van der Waals surface area contributed by atoms with Gasteiger partial charge in [0.25, 0.3) is 5.91 Å². The fraction of sp³-hybridized carbons (Fsp3) is 0.286. The molecule has 2 aromatic carbocycles. The normalized spacial score (nSPS) is 17.3. The lowest BCUT2D eigenvalue weighted by Crippen LogP contribution is -2.39. The minimum absolute atomic E-state index is 0.0748. The summed E-state index contributed by atoms with van der Waals surface area (Å²) >= 11 is 12.4. The van der Waals surface area contributed by atoms with Gasteiger partial charge >= 0.3 is 0 Å². The summed E-state index contributed by atoms with van der Waals surface area (Å²) in [5.74, 6) is -0.240. The molecule has 0 aliphatic carbocycles. The number of nitrogens with zero attached hydrogens (tertiary/aromatic N) is 4. The number of carbonyl (C=O) groups is 1. The molecule has 168 valence electrons. The molecule has 3 aromatic rings. The molecule has 1 amide bonds. The van der Waals surface area contributed by atoms with Gasteiger partial charge in [-0.25, -0.2) is 18.1 Å². The van der Waals surface area contributed by atoms with Gasteiger partial charge in [0.05, 0.1) is 16.4 Å². The van der Waals surface area contributed by atoms with Crippen LogP contribution in [0.2, 0.25) is 10.0 Å². The van der Waals surface area contributed by atoms with Gasteiger partial charge in [0.15, 0.2) is 0 Å². The maximum absolute atomic E-state index is 13.2. The van der Waals surface area contributed by atoms with Gasteiger partial charge in [0.1, 0.15) is 17.6 Å². The van der Waals surface area contributed by atoms with E-state index >= 15 is 0 Å². The summed E-state index contributed by atoms with van der Waals surface area (Å²) in [5.41, 5.74) is 1.11. The number of benzene rings is 2. The highest BCUT2D eigenvalue weighted by Crippen LogP contribution is 2.30. The second-order valence-corrected chi connectivity index (χ2v) is 10.5. The molecule has 32 heavy (non-hydrogen) atoms. The summed E-state index contributed by atoms with van der Waals surface area (Å²) in [7, 11) is -3.83. The number of carbonyl (C=O) groups excluding carboxylic acids is 1. The molecule has 1 aromatic heterocycles. The zero-order chi connectivity index (χ0) is 22.9. The topological polar surface area (TPSA) is 97.2 Å². The molecule has 0 unspecified atom stereocenters. The van der Waals surface area contributed by atoms with E-state index in [-0.39, 0.29) is 21.4 Å². The number of hydrogen-bond acceptors (Lipinski definition) is 5. The number of amides is 1. The molecular weight excluding hydrogens is 473 g/mol. The standard InChI is InChI=1S/C21H21Cl2N5O3S/c1-14-3-2-8-27(11-14)32(30,31)20-9-15(4-6-17(20)23)21(29)26-18-10-16(22)5-7-19(18)28-13-24-12-25-28/h4-7,9-10,12-14H,2-3,8,11H2,1H3,(H,26,29)/t14-/m0/s1. The molecule has 4 rings (SSSR count). The van der Waals surface area contributed by atoms with Crippen LogP contribution in [-0.2, 0) is 10.0 Å². The number of nitrogens with one attached hydrogen (secondary N) is 1. The van der Waals surface area contributed by atoms with Crippen LogP contribution >= 0.6 is 23.2 Å². The number of sulfonamides is 1. The molecule has 8 nitrogen and oxygen atoms in total. The Labute approximate surface area is 196 Å². The molecule has 1 aliphatic heterocycles. The van der Waals surface area contributed by atoms with E-state index in [0.717, 1.165) is 12.8 Å². The first kappa shape index (κ1) is 22.7. The first-order valence-corrected chi connectivity index (χ1v) is 12.2. The maximum atomic E-state index is 13.2. The van der Waals surface area contributed by atoms with Crippen molar-refractivity contribution in [2.24, 2.45) is 5.92 Å². The van der Waals surface area contributed by atoms with Crippen LogP contribution in [0.3, 0.4) is 0 Å². The summed E-state index contributed by atoms with van der Waals surface area (Å²) in [5, 5.41) is 7.35. The van der Waals surface area contributed by atoms with Crippen LogP contribution in [0.4, 0.5) is 5.69 Å². The highest BCUT2D eigenvalue weighted by atomic mass is 35.5. The first-order chi connectivity index (χ1) is 15.3. The number of halogens is 2.